The number of benzene rings is 3. The van der Waals surface area contributed by atoms with Gasteiger partial charge >= 0.3 is 11.9 Å². The quantitative estimate of drug-likeness (QED) is 0.356. The van der Waals surface area contributed by atoms with E-state index in [9.17, 15) is 24.6 Å². The molecule has 2 aliphatic heterocycles. The standard InChI is InChI=1S/C24H15NO8/c26-13-2-5-17-19(10-13)32-20-11-14(27)3-6-18(20)24(17)16-4-1-12(9-15(16)23(31)33-24)25-21(28)7-8-22(29)30/h1-11,26-27H,(H,25,28)(H,29,30)/b8-7+. The number of carbonyl (C=O) groups is 3. The SMILES string of the molecule is O=C(O)/C=C/C(=O)Nc1ccc2c(c1)C(=O)OC21c2ccc(O)cc2Oc2cc(O)ccc21. The molecule has 4 N–H and O–H groups in total. The number of rotatable bonds is 3. The molecule has 33 heavy (non-hydrogen) atoms. The Bertz CT molecular complexity index is 1340. The van der Waals surface area contributed by atoms with Gasteiger partial charge in [0.05, 0.1) is 5.56 Å². The first-order valence-corrected chi connectivity index (χ1v) is 9.72. The molecule has 0 unspecified atom stereocenters. The first-order valence-electron chi connectivity index (χ1n) is 9.72. The summed E-state index contributed by atoms with van der Waals surface area (Å²) in [6.45, 7) is 0. The summed E-state index contributed by atoms with van der Waals surface area (Å²) in [5.41, 5.74) is 0.497. The van der Waals surface area contributed by atoms with Gasteiger partial charge in [-0.3, -0.25) is 4.79 Å². The van der Waals surface area contributed by atoms with Crippen molar-refractivity contribution in [2.45, 2.75) is 5.60 Å². The number of phenolic OH excluding ortho intramolecular Hbond substituents is 2. The normalized spacial score (nSPS) is 14.7. The molecule has 1 amide bonds. The molecule has 9 nitrogen and oxygen atoms in total. The van der Waals surface area contributed by atoms with Crippen LogP contribution in [0.3, 0.4) is 0 Å². The minimum atomic E-state index is -1.40. The average Bonchev–Trinajstić information content (AvgIpc) is 3.04. The molecule has 2 heterocycles. The Kier molecular flexibility index (Phi) is 4.35. The lowest BCUT2D eigenvalue weighted by Crippen LogP contribution is -2.32. The number of hydrogen-bond donors (Lipinski definition) is 4. The molecule has 5 rings (SSSR count). The summed E-state index contributed by atoms with van der Waals surface area (Å²) in [5, 5.41) is 31.1. The van der Waals surface area contributed by atoms with E-state index in [2.05, 4.69) is 5.32 Å². The van der Waals surface area contributed by atoms with Crippen molar-refractivity contribution in [2.24, 2.45) is 0 Å². The lowest BCUT2D eigenvalue weighted by molar-refractivity contribution is -0.131. The molecule has 0 bridgehead atoms. The number of nitrogens with one attached hydrogen (secondary N) is 1. The van der Waals surface area contributed by atoms with E-state index >= 15 is 0 Å². The molecule has 0 saturated heterocycles. The Morgan fingerprint density at radius 2 is 1.45 bits per heavy atom. The molecular formula is C24H15NO8. The van der Waals surface area contributed by atoms with E-state index in [4.69, 9.17) is 14.6 Å². The molecule has 2 aliphatic rings. The predicted molar refractivity (Wildman–Crippen MR) is 113 cm³/mol. The van der Waals surface area contributed by atoms with Gasteiger partial charge in [-0.15, -0.1) is 0 Å². The number of fused-ring (bicyclic) bond motifs is 6. The van der Waals surface area contributed by atoms with Crippen molar-refractivity contribution in [1.82, 2.24) is 0 Å². The number of carboxylic acid groups (broad SMARTS) is 1. The van der Waals surface area contributed by atoms with Crippen LogP contribution in [0.5, 0.6) is 23.0 Å². The Morgan fingerprint density at radius 1 is 0.848 bits per heavy atom. The third kappa shape index (κ3) is 3.14. The number of esters is 1. The van der Waals surface area contributed by atoms with Crippen molar-refractivity contribution in [3.8, 4) is 23.0 Å². The van der Waals surface area contributed by atoms with E-state index in [1.54, 1.807) is 24.3 Å². The van der Waals surface area contributed by atoms with E-state index < -0.39 is 23.4 Å². The number of carboxylic acids is 1. The lowest BCUT2D eigenvalue weighted by Gasteiger charge is -2.36. The van der Waals surface area contributed by atoms with Gasteiger partial charge in [0.2, 0.25) is 5.91 Å². The van der Waals surface area contributed by atoms with E-state index in [1.165, 1.54) is 30.3 Å². The minimum Gasteiger partial charge on any atom is -0.508 e. The summed E-state index contributed by atoms with van der Waals surface area (Å²) in [5.74, 6) is -2.18. The molecule has 0 aliphatic carbocycles. The Balaban J connectivity index is 1.66. The Labute approximate surface area is 186 Å². The highest BCUT2D eigenvalue weighted by Gasteiger charge is 2.53. The number of aromatic hydroxyl groups is 2. The van der Waals surface area contributed by atoms with Crippen LogP contribution in [0.1, 0.15) is 27.0 Å². The minimum absolute atomic E-state index is 0.0514. The summed E-state index contributed by atoms with van der Waals surface area (Å²) >= 11 is 0. The zero-order valence-electron chi connectivity index (χ0n) is 16.7. The molecule has 0 aromatic heterocycles. The zero-order valence-corrected chi connectivity index (χ0v) is 16.7. The third-order valence-corrected chi connectivity index (χ3v) is 5.42. The molecule has 164 valence electrons. The van der Waals surface area contributed by atoms with Crippen LogP contribution in [-0.2, 0) is 19.9 Å². The maximum atomic E-state index is 13.0. The topological polar surface area (TPSA) is 142 Å². The molecule has 1 spiro atoms. The van der Waals surface area contributed by atoms with Crippen LogP contribution >= 0.6 is 0 Å². The summed E-state index contributed by atoms with van der Waals surface area (Å²) in [4.78, 5) is 35.5. The van der Waals surface area contributed by atoms with Crippen molar-refractivity contribution in [3.63, 3.8) is 0 Å². The van der Waals surface area contributed by atoms with Crippen molar-refractivity contribution in [2.75, 3.05) is 5.32 Å². The van der Waals surface area contributed by atoms with Crippen LogP contribution < -0.4 is 10.1 Å². The van der Waals surface area contributed by atoms with Crippen LogP contribution in [-0.4, -0.2) is 33.2 Å². The number of aliphatic carboxylic acids is 1. The molecule has 0 fully saturated rings. The van der Waals surface area contributed by atoms with Gasteiger partial charge in [-0.25, -0.2) is 9.59 Å². The number of anilines is 1. The van der Waals surface area contributed by atoms with Gasteiger partial charge in [-0.1, -0.05) is 6.07 Å². The Morgan fingerprint density at radius 3 is 2.06 bits per heavy atom. The average molecular weight is 445 g/mol. The third-order valence-electron chi connectivity index (χ3n) is 5.42. The van der Waals surface area contributed by atoms with Gasteiger partial charge in [0.15, 0.2) is 5.60 Å². The van der Waals surface area contributed by atoms with E-state index in [0.29, 0.717) is 22.8 Å². The van der Waals surface area contributed by atoms with Crippen LogP contribution in [0.4, 0.5) is 5.69 Å². The number of ether oxygens (including phenoxy) is 2. The van der Waals surface area contributed by atoms with Crippen LogP contribution in [0.15, 0.2) is 66.7 Å². The molecule has 0 radical (unpaired) electrons. The second-order valence-corrected chi connectivity index (χ2v) is 7.45. The van der Waals surface area contributed by atoms with Gasteiger partial charge in [0.25, 0.3) is 0 Å². The summed E-state index contributed by atoms with van der Waals surface area (Å²) < 4.78 is 11.8. The highest BCUT2D eigenvalue weighted by Crippen LogP contribution is 2.57. The van der Waals surface area contributed by atoms with E-state index in [-0.39, 0.29) is 34.2 Å². The van der Waals surface area contributed by atoms with E-state index in [0.717, 1.165) is 6.08 Å². The zero-order chi connectivity index (χ0) is 23.3. The molecule has 3 aromatic rings. The summed E-state index contributed by atoms with van der Waals surface area (Å²) in [6, 6.07) is 13.5. The molecule has 3 aromatic carbocycles. The van der Waals surface area contributed by atoms with Gasteiger partial charge in [0.1, 0.15) is 23.0 Å². The fourth-order valence-electron chi connectivity index (χ4n) is 4.11. The van der Waals surface area contributed by atoms with Crippen molar-refractivity contribution >= 4 is 23.5 Å². The monoisotopic (exact) mass is 445 g/mol. The van der Waals surface area contributed by atoms with Gasteiger partial charge in [-0.05, 0) is 36.4 Å². The fourth-order valence-corrected chi connectivity index (χ4v) is 4.11. The molecule has 0 atom stereocenters. The molecule has 9 heteroatoms. The number of amides is 1. The Hall–Kier alpha value is -4.79. The summed E-state index contributed by atoms with van der Waals surface area (Å²) in [6.07, 6.45) is 1.56. The number of phenols is 2. The van der Waals surface area contributed by atoms with E-state index in [1.807, 2.05) is 0 Å². The highest BCUT2D eigenvalue weighted by molar-refractivity contribution is 6.04. The van der Waals surface area contributed by atoms with Gasteiger partial charge < -0.3 is 30.1 Å². The number of carbonyl (C=O) groups excluding carboxylic acids is 2. The van der Waals surface area contributed by atoms with Gasteiger partial charge in [0, 0.05) is 46.7 Å². The first kappa shape index (κ1) is 20.1. The second kappa shape index (κ2) is 7.13. The number of hydrogen-bond acceptors (Lipinski definition) is 7. The largest absolute Gasteiger partial charge is 0.508 e. The first-order chi connectivity index (χ1) is 15.8. The lowest BCUT2D eigenvalue weighted by atomic mass is 9.77. The maximum Gasteiger partial charge on any atom is 0.340 e. The van der Waals surface area contributed by atoms with Crippen LogP contribution in [0, 0.1) is 0 Å². The summed E-state index contributed by atoms with van der Waals surface area (Å²) in [7, 11) is 0. The fraction of sp³-hybridized carbons (Fsp3) is 0.0417. The van der Waals surface area contributed by atoms with Crippen LogP contribution in [0.2, 0.25) is 0 Å². The van der Waals surface area contributed by atoms with Gasteiger partial charge in [-0.2, -0.15) is 0 Å². The van der Waals surface area contributed by atoms with Crippen LogP contribution in [0.25, 0.3) is 0 Å². The maximum absolute atomic E-state index is 13.0. The smallest absolute Gasteiger partial charge is 0.340 e. The molecule has 0 saturated carbocycles. The van der Waals surface area contributed by atoms with Crippen molar-refractivity contribution < 1.29 is 39.2 Å². The van der Waals surface area contributed by atoms with Crippen molar-refractivity contribution in [1.29, 1.82) is 0 Å². The second-order valence-electron chi connectivity index (χ2n) is 7.45. The predicted octanol–water partition coefficient (Wildman–Crippen LogP) is 3.25. The highest BCUT2D eigenvalue weighted by atomic mass is 16.6. The van der Waals surface area contributed by atoms with Crippen molar-refractivity contribution in [3.05, 3.63) is 89.0 Å². The molecular weight excluding hydrogens is 430 g/mol.